The summed E-state index contributed by atoms with van der Waals surface area (Å²) in [7, 11) is 0. The first-order valence-electron chi connectivity index (χ1n) is 9.41. The Labute approximate surface area is 164 Å². The van der Waals surface area contributed by atoms with Gasteiger partial charge in [-0.2, -0.15) is 0 Å². The number of anilines is 1. The van der Waals surface area contributed by atoms with E-state index in [-0.39, 0.29) is 17.8 Å². The van der Waals surface area contributed by atoms with Gasteiger partial charge in [-0.1, -0.05) is 0 Å². The summed E-state index contributed by atoms with van der Waals surface area (Å²) in [6.45, 7) is 9.36. The van der Waals surface area contributed by atoms with Gasteiger partial charge >= 0.3 is 0 Å². The van der Waals surface area contributed by atoms with Gasteiger partial charge < -0.3 is 30.2 Å². The largest absolute Gasteiger partial charge is 0.544 e. The molecule has 0 saturated carbocycles. The second-order valence-electron chi connectivity index (χ2n) is 6.28. The van der Waals surface area contributed by atoms with Gasteiger partial charge in [0.25, 0.3) is 5.69 Å². The zero-order chi connectivity index (χ0) is 21.1. The highest BCUT2D eigenvalue weighted by Crippen LogP contribution is 2.29. The number of rotatable bonds is 13. The summed E-state index contributed by atoms with van der Waals surface area (Å²) < 4.78 is 5.22. The second kappa shape index (κ2) is 11.9. The first kappa shape index (κ1) is 23.3. The van der Waals surface area contributed by atoms with E-state index < -0.39 is 22.8 Å². The first-order valence-corrected chi connectivity index (χ1v) is 9.41. The van der Waals surface area contributed by atoms with E-state index in [1.54, 1.807) is 12.2 Å². The van der Waals surface area contributed by atoms with Crippen molar-refractivity contribution < 1.29 is 34.6 Å². The van der Waals surface area contributed by atoms with Crippen LogP contribution in [0.15, 0.2) is 18.2 Å². The van der Waals surface area contributed by atoms with Crippen LogP contribution in [0.4, 0.5) is 11.4 Å². The smallest absolute Gasteiger partial charge is 0.296 e. The van der Waals surface area contributed by atoms with Crippen LogP contribution in [0.2, 0.25) is 0 Å². The number of nitrogens with zero attached hydrogens (tertiary/aromatic N) is 1. The third-order valence-corrected chi connectivity index (χ3v) is 4.41. The van der Waals surface area contributed by atoms with Gasteiger partial charge in [-0.25, -0.2) is 0 Å². The number of quaternary nitrogens is 2. The number of carboxylic acid groups (broad SMARTS) is 1. The minimum atomic E-state index is -1.34. The molecule has 0 spiro atoms. The van der Waals surface area contributed by atoms with Gasteiger partial charge in [-0.3, -0.25) is 14.9 Å². The molecule has 28 heavy (non-hydrogen) atoms. The quantitative estimate of drug-likeness (QED) is 0.258. The molecule has 0 bridgehead atoms. The number of benzene rings is 1. The van der Waals surface area contributed by atoms with Crippen molar-refractivity contribution in [2.45, 2.75) is 33.2 Å². The summed E-state index contributed by atoms with van der Waals surface area (Å²) in [6, 6.07) is 3.02. The van der Waals surface area contributed by atoms with E-state index in [4.69, 9.17) is 4.74 Å². The van der Waals surface area contributed by atoms with E-state index in [9.17, 15) is 24.8 Å². The number of nitro benzene ring substituents is 1. The van der Waals surface area contributed by atoms with Crippen LogP contribution in [0.25, 0.3) is 0 Å². The van der Waals surface area contributed by atoms with Crippen LogP contribution in [-0.2, 0) is 9.59 Å². The predicted molar refractivity (Wildman–Crippen MR) is 100 cm³/mol. The molecule has 0 saturated heterocycles. The third kappa shape index (κ3) is 7.49. The molecular formula is C18H29N4O6+. The van der Waals surface area contributed by atoms with Crippen LogP contribution in [0.5, 0.6) is 5.75 Å². The van der Waals surface area contributed by atoms with Crippen molar-refractivity contribution in [3.8, 4) is 5.75 Å². The molecule has 1 aromatic rings. The fourth-order valence-electron chi connectivity index (χ4n) is 2.78. The van der Waals surface area contributed by atoms with E-state index in [0.29, 0.717) is 18.9 Å². The lowest BCUT2D eigenvalue weighted by Crippen LogP contribution is -3.14. The summed E-state index contributed by atoms with van der Waals surface area (Å²) in [6.07, 6.45) is -0.347. The number of carbonyl (C=O) groups is 2. The van der Waals surface area contributed by atoms with E-state index in [2.05, 4.69) is 5.32 Å². The number of amides is 1. The highest BCUT2D eigenvalue weighted by atomic mass is 16.6. The Morgan fingerprint density at radius 3 is 2.50 bits per heavy atom. The summed E-state index contributed by atoms with van der Waals surface area (Å²) in [5.74, 6) is -1.66. The van der Waals surface area contributed by atoms with E-state index in [1.807, 2.05) is 13.8 Å². The fourth-order valence-corrected chi connectivity index (χ4v) is 2.78. The number of nitro groups is 1. The number of carbonyl (C=O) groups excluding carboxylic acids is 2. The lowest BCUT2D eigenvalue weighted by Gasteiger charge is -2.19. The molecule has 0 unspecified atom stereocenters. The van der Waals surface area contributed by atoms with Gasteiger partial charge in [0.05, 0.1) is 43.1 Å². The van der Waals surface area contributed by atoms with Crippen molar-refractivity contribution in [2.24, 2.45) is 0 Å². The van der Waals surface area contributed by atoms with Gasteiger partial charge in [-0.15, -0.1) is 0 Å². The maximum atomic E-state index is 12.2. The number of nitrogens with one attached hydrogen (secondary N) is 2. The topological polar surface area (TPSA) is 143 Å². The molecule has 0 aromatic heterocycles. The molecule has 0 heterocycles. The summed E-state index contributed by atoms with van der Waals surface area (Å²) in [4.78, 5) is 35.5. The molecule has 0 aliphatic rings. The number of carboxylic acids is 1. The normalized spacial score (nSPS) is 11.9. The number of nitrogens with two attached hydrogens (primary N) is 1. The Morgan fingerprint density at radius 2 is 1.96 bits per heavy atom. The van der Waals surface area contributed by atoms with Crippen molar-refractivity contribution in [2.75, 3.05) is 38.1 Å². The minimum Gasteiger partial charge on any atom is -0.544 e. The second-order valence-corrected chi connectivity index (χ2v) is 6.28. The zero-order valence-electron chi connectivity index (χ0n) is 16.5. The monoisotopic (exact) mass is 397 g/mol. The van der Waals surface area contributed by atoms with Crippen molar-refractivity contribution >= 4 is 23.3 Å². The molecule has 10 heteroatoms. The Bertz CT molecular complexity index is 678. The van der Waals surface area contributed by atoms with Crippen molar-refractivity contribution in [3.05, 3.63) is 28.3 Å². The highest BCUT2D eigenvalue weighted by molar-refractivity contribution is 5.95. The minimum absolute atomic E-state index is 0.0110. The Hall–Kier alpha value is -2.72. The molecule has 1 amide bonds. The van der Waals surface area contributed by atoms with Crippen LogP contribution in [0.3, 0.4) is 0 Å². The fraction of sp³-hybridized carbons (Fsp3) is 0.556. The van der Waals surface area contributed by atoms with Gasteiger partial charge in [0.1, 0.15) is 30.6 Å². The third-order valence-electron chi connectivity index (χ3n) is 4.41. The molecule has 0 aliphatic heterocycles. The highest BCUT2D eigenvalue weighted by Gasteiger charge is 2.22. The maximum absolute atomic E-state index is 12.2. The van der Waals surface area contributed by atoms with E-state index in [1.165, 1.54) is 23.1 Å². The van der Waals surface area contributed by atoms with Crippen LogP contribution in [0, 0.1) is 10.1 Å². The van der Waals surface area contributed by atoms with Crippen molar-refractivity contribution in [1.29, 1.82) is 0 Å². The summed E-state index contributed by atoms with van der Waals surface area (Å²) >= 11 is 0. The predicted octanol–water partition coefficient (Wildman–Crippen LogP) is -2.07. The molecule has 4 N–H and O–H groups in total. The standard InChI is InChI=1S/C18H28N4O6/c1-4-21(5-2)10-9-19-15(18(24)25)12-17(23)20-14-8-7-13(28-6-3)11-16(14)22(26)27/h7-8,11,15,19H,4-6,9-10,12H2,1-3H3,(H,20,23)(H,24,25)/p+1/t15-/m0/s1. The van der Waals surface area contributed by atoms with Crippen LogP contribution < -0.4 is 25.4 Å². The number of likely N-dealkylation sites (N-methyl/N-ethyl adjacent to an activating group) is 1. The van der Waals surface area contributed by atoms with Gasteiger partial charge in [-0.05, 0) is 32.9 Å². The lowest BCUT2D eigenvalue weighted by molar-refractivity contribution is -0.910. The molecule has 0 radical (unpaired) electrons. The summed E-state index contributed by atoms with van der Waals surface area (Å²) in [5.41, 5.74) is -0.332. The van der Waals surface area contributed by atoms with E-state index in [0.717, 1.165) is 19.6 Å². The molecular weight excluding hydrogens is 368 g/mol. The number of hydrogen-bond acceptors (Lipinski definition) is 6. The Kier molecular flexibility index (Phi) is 9.89. The molecule has 1 atom stereocenters. The molecule has 0 aliphatic carbocycles. The van der Waals surface area contributed by atoms with Gasteiger partial charge in [0.15, 0.2) is 0 Å². The molecule has 156 valence electrons. The molecule has 1 aromatic carbocycles. The molecule has 10 nitrogen and oxygen atoms in total. The van der Waals surface area contributed by atoms with Gasteiger partial charge in [0, 0.05) is 0 Å². The van der Waals surface area contributed by atoms with Crippen molar-refractivity contribution in [3.63, 3.8) is 0 Å². The SMILES string of the molecule is CCOc1ccc(NC(=O)C[C@H]([NH2+]CC[NH+](CC)CC)C(=O)[O-])c([N+](=O)[O-])c1. The summed E-state index contributed by atoms with van der Waals surface area (Å²) in [5, 5.41) is 26.6. The van der Waals surface area contributed by atoms with Crippen LogP contribution >= 0.6 is 0 Å². The van der Waals surface area contributed by atoms with Crippen LogP contribution in [0.1, 0.15) is 27.2 Å². The van der Waals surface area contributed by atoms with Gasteiger partial charge in [0.2, 0.25) is 5.91 Å². The number of aliphatic carboxylic acids is 1. The molecule has 0 fully saturated rings. The van der Waals surface area contributed by atoms with Crippen LogP contribution in [-0.4, -0.2) is 55.6 Å². The average Bonchev–Trinajstić information content (AvgIpc) is 2.65. The number of ether oxygens (including phenoxy) is 1. The first-order chi connectivity index (χ1) is 13.3. The average molecular weight is 397 g/mol. The lowest BCUT2D eigenvalue weighted by atomic mass is 10.2. The zero-order valence-corrected chi connectivity index (χ0v) is 16.5. The van der Waals surface area contributed by atoms with Crippen molar-refractivity contribution in [1.82, 2.24) is 0 Å². The molecule has 1 rings (SSSR count). The van der Waals surface area contributed by atoms with E-state index >= 15 is 0 Å². The Morgan fingerprint density at radius 1 is 1.29 bits per heavy atom. The Balaban J connectivity index is 2.74. The number of hydrogen-bond donors (Lipinski definition) is 3. The maximum Gasteiger partial charge on any atom is 0.296 e.